The molecule has 2 heteroatoms. The Labute approximate surface area is 68.2 Å². The predicted molar refractivity (Wildman–Crippen MR) is 48.2 cm³/mol. The molecule has 0 aliphatic heterocycles. The van der Waals surface area contributed by atoms with Crippen LogP contribution in [0.15, 0.2) is 0 Å². The van der Waals surface area contributed by atoms with Crippen molar-refractivity contribution in [2.24, 2.45) is 5.92 Å². The van der Waals surface area contributed by atoms with Crippen molar-refractivity contribution < 1.29 is 5.11 Å². The fourth-order valence-corrected chi connectivity index (χ4v) is 1.82. The Morgan fingerprint density at radius 2 is 1.80 bits per heavy atom. The molecular formula is C8H18OS. The number of hydrogen-bond donors (Lipinski definition) is 1. The van der Waals surface area contributed by atoms with Crippen LogP contribution < -0.4 is 0 Å². The highest BCUT2D eigenvalue weighted by atomic mass is 32.2. The van der Waals surface area contributed by atoms with Gasteiger partial charge in [0, 0.05) is 0 Å². The molecule has 0 aromatic heterocycles. The summed E-state index contributed by atoms with van der Waals surface area (Å²) in [7, 11) is 0. The zero-order valence-electron chi connectivity index (χ0n) is 7.13. The second kappa shape index (κ2) is 6.05. The average molecular weight is 162 g/mol. The van der Waals surface area contributed by atoms with E-state index in [4.69, 9.17) is 5.11 Å². The molecule has 0 spiro atoms. The minimum absolute atomic E-state index is 0.194. The molecule has 0 radical (unpaired) electrons. The first kappa shape index (κ1) is 10.3. The SMILES string of the molecule is CCC(CC)CSC(C)O. The van der Waals surface area contributed by atoms with E-state index in [1.165, 1.54) is 12.8 Å². The minimum Gasteiger partial charge on any atom is -0.383 e. The highest BCUT2D eigenvalue weighted by Gasteiger charge is 2.04. The van der Waals surface area contributed by atoms with Gasteiger partial charge in [0.05, 0.1) is 5.44 Å². The van der Waals surface area contributed by atoms with Crippen molar-refractivity contribution in [2.75, 3.05) is 5.75 Å². The van der Waals surface area contributed by atoms with Crippen molar-refractivity contribution in [3.63, 3.8) is 0 Å². The van der Waals surface area contributed by atoms with Crippen LogP contribution in [0.1, 0.15) is 33.6 Å². The monoisotopic (exact) mass is 162 g/mol. The first-order chi connectivity index (χ1) is 4.70. The van der Waals surface area contributed by atoms with Gasteiger partial charge in [-0.05, 0) is 18.6 Å². The van der Waals surface area contributed by atoms with Crippen molar-refractivity contribution >= 4 is 11.8 Å². The third-order valence-electron chi connectivity index (χ3n) is 1.73. The largest absolute Gasteiger partial charge is 0.383 e. The number of hydrogen-bond acceptors (Lipinski definition) is 2. The first-order valence-corrected chi connectivity index (χ1v) is 5.05. The molecule has 0 aromatic carbocycles. The molecule has 0 aromatic rings. The Morgan fingerprint density at radius 3 is 2.10 bits per heavy atom. The van der Waals surface area contributed by atoms with Crippen LogP contribution in [0.2, 0.25) is 0 Å². The lowest BCUT2D eigenvalue weighted by molar-refractivity contribution is 0.283. The second-order valence-electron chi connectivity index (χ2n) is 2.62. The maximum atomic E-state index is 8.96. The Bertz CT molecular complexity index is 69.7. The van der Waals surface area contributed by atoms with Crippen molar-refractivity contribution in [1.82, 2.24) is 0 Å². The van der Waals surface area contributed by atoms with Crippen LogP contribution in [0.25, 0.3) is 0 Å². The van der Waals surface area contributed by atoms with E-state index < -0.39 is 0 Å². The van der Waals surface area contributed by atoms with E-state index in [1.807, 2.05) is 6.92 Å². The topological polar surface area (TPSA) is 20.2 Å². The maximum Gasteiger partial charge on any atom is 0.0964 e. The molecule has 1 unspecified atom stereocenters. The molecule has 0 rings (SSSR count). The number of aliphatic hydroxyl groups excluding tert-OH is 1. The summed E-state index contributed by atoms with van der Waals surface area (Å²) in [6, 6.07) is 0. The van der Waals surface area contributed by atoms with Crippen LogP contribution >= 0.6 is 11.8 Å². The Kier molecular flexibility index (Phi) is 6.24. The van der Waals surface area contributed by atoms with E-state index in [0.29, 0.717) is 0 Å². The molecule has 10 heavy (non-hydrogen) atoms. The molecule has 0 heterocycles. The van der Waals surface area contributed by atoms with Crippen LogP contribution in [-0.4, -0.2) is 16.3 Å². The summed E-state index contributed by atoms with van der Waals surface area (Å²) in [4.78, 5) is 0. The zero-order valence-corrected chi connectivity index (χ0v) is 7.95. The Hall–Kier alpha value is 0.310. The normalized spacial score (nSPS) is 14.1. The summed E-state index contributed by atoms with van der Waals surface area (Å²) in [6.07, 6.45) is 2.46. The molecular weight excluding hydrogens is 144 g/mol. The molecule has 0 saturated carbocycles. The van der Waals surface area contributed by atoms with Crippen molar-refractivity contribution in [2.45, 2.75) is 39.0 Å². The molecule has 0 bridgehead atoms. The summed E-state index contributed by atoms with van der Waals surface area (Å²) < 4.78 is 0. The highest BCUT2D eigenvalue weighted by molar-refractivity contribution is 7.99. The fraction of sp³-hybridized carbons (Fsp3) is 1.00. The smallest absolute Gasteiger partial charge is 0.0964 e. The lowest BCUT2D eigenvalue weighted by Crippen LogP contribution is -2.04. The van der Waals surface area contributed by atoms with Crippen molar-refractivity contribution in [3.8, 4) is 0 Å². The van der Waals surface area contributed by atoms with Crippen LogP contribution in [0.3, 0.4) is 0 Å². The summed E-state index contributed by atoms with van der Waals surface area (Å²) >= 11 is 1.64. The van der Waals surface area contributed by atoms with Crippen LogP contribution in [0, 0.1) is 5.92 Å². The third-order valence-corrected chi connectivity index (χ3v) is 2.87. The van der Waals surface area contributed by atoms with E-state index >= 15 is 0 Å². The average Bonchev–Trinajstić information content (AvgIpc) is 1.90. The summed E-state index contributed by atoms with van der Waals surface area (Å²) in [5.74, 6) is 1.89. The molecule has 1 atom stereocenters. The van der Waals surface area contributed by atoms with Crippen molar-refractivity contribution in [1.29, 1.82) is 0 Å². The summed E-state index contributed by atoms with van der Waals surface area (Å²) in [5, 5.41) is 8.96. The molecule has 0 aliphatic rings. The first-order valence-electron chi connectivity index (χ1n) is 4.00. The molecule has 1 N–H and O–H groups in total. The van der Waals surface area contributed by atoms with Gasteiger partial charge in [-0.25, -0.2) is 0 Å². The molecule has 0 aliphatic carbocycles. The number of rotatable bonds is 5. The van der Waals surface area contributed by atoms with E-state index in [0.717, 1.165) is 11.7 Å². The van der Waals surface area contributed by atoms with Crippen LogP contribution in [0.5, 0.6) is 0 Å². The van der Waals surface area contributed by atoms with Gasteiger partial charge in [0.25, 0.3) is 0 Å². The Balaban J connectivity index is 3.26. The predicted octanol–water partition coefficient (Wildman–Crippen LogP) is 2.49. The second-order valence-corrected chi connectivity index (χ2v) is 3.96. The molecule has 62 valence electrons. The minimum atomic E-state index is -0.194. The quantitative estimate of drug-likeness (QED) is 0.627. The van der Waals surface area contributed by atoms with E-state index in [9.17, 15) is 0 Å². The lowest BCUT2D eigenvalue weighted by Gasteiger charge is -2.12. The zero-order chi connectivity index (χ0) is 7.98. The van der Waals surface area contributed by atoms with Gasteiger partial charge in [0.15, 0.2) is 0 Å². The van der Waals surface area contributed by atoms with Crippen LogP contribution in [-0.2, 0) is 0 Å². The molecule has 1 nitrogen and oxygen atoms in total. The van der Waals surface area contributed by atoms with Gasteiger partial charge in [-0.1, -0.05) is 26.7 Å². The van der Waals surface area contributed by atoms with Gasteiger partial charge in [-0.15, -0.1) is 11.8 Å². The molecule has 0 fully saturated rings. The maximum absolute atomic E-state index is 8.96. The molecule has 0 saturated heterocycles. The van der Waals surface area contributed by atoms with E-state index in [-0.39, 0.29) is 5.44 Å². The van der Waals surface area contributed by atoms with Gasteiger partial charge >= 0.3 is 0 Å². The standard InChI is InChI=1S/C8H18OS/c1-4-8(5-2)6-10-7(3)9/h7-9H,4-6H2,1-3H3. The lowest BCUT2D eigenvalue weighted by atomic mass is 10.1. The molecule has 0 amide bonds. The fourth-order valence-electron chi connectivity index (χ4n) is 0.800. The van der Waals surface area contributed by atoms with Crippen molar-refractivity contribution in [3.05, 3.63) is 0 Å². The van der Waals surface area contributed by atoms with Gasteiger partial charge in [0.2, 0.25) is 0 Å². The van der Waals surface area contributed by atoms with Gasteiger partial charge in [0.1, 0.15) is 0 Å². The summed E-state index contributed by atoms with van der Waals surface area (Å²) in [5.41, 5.74) is -0.194. The third kappa shape index (κ3) is 5.12. The van der Waals surface area contributed by atoms with Crippen LogP contribution in [0.4, 0.5) is 0 Å². The van der Waals surface area contributed by atoms with Gasteiger partial charge < -0.3 is 5.11 Å². The summed E-state index contributed by atoms with van der Waals surface area (Å²) in [6.45, 7) is 6.24. The number of aliphatic hydroxyl groups is 1. The number of thioether (sulfide) groups is 1. The highest BCUT2D eigenvalue weighted by Crippen LogP contribution is 2.17. The Morgan fingerprint density at radius 1 is 1.30 bits per heavy atom. The van der Waals surface area contributed by atoms with Gasteiger partial charge in [-0.2, -0.15) is 0 Å². The van der Waals surface area contributed by atoms with E-state index in [1.54, 1.807) is 11.8 Å². The van der Waals surface area contributed by atoms with Gasteiger partial charge in [-0.3, -0.25) is 0 Å². The van der Waals surface area contributed by atoms with E-state index in [2.05, 4.69) is 13.8 Å².